The number of fused-ring (bicyclic) bond motifs is 8. The molecule has 0 fully saturated rings. The molecule has 0 bridgehead atoms. The van der Waals surface area contributed by atoms with Crippen molar-refractivity contribution in [1.29, 1.82) is 0 Å². The van der Waals surface area contributed by atoms with Gasteiger partial charge in [0.1, 0.15) is 0 Å². The maximum atomic E-state index is 2.42. The predicted molar refractivity (Wildman–Crippen MR) is 239 cm³/mol. The summed E-state index contributed by atoms with van der Waals surface area (Å²) in [7, 11) is 0. The van der Waals surface area contributed by atoms with E-state index in [1.54, 1.807) is 0 Å². The van der Waals surface area contributed by atoms with Crippen LogP contribution in [0.2, 0.25) is 0 Å². The van der Waals surface area contributed by atoms with E-state index in [9.17, 15) is 0 Å². The van der Waals surface area contributed by atoms with Gasteiger partial charge in [-0.1, -0.05) is 158 Å². The maximum Gasteiger partial charge on any atom is 0.0542 e. The number of aromatic nitrogens is 1. The summed E-state index contributed by atoms with van der Waals surface area (Å²) in [5.74, 6) is 0. The highest BCUT2D eigenvalue weighted by Gasteiger charge is 2.20. The highest BCUT2D eigenvalue weighted by molar-refractivity contribution is 6.20. The average Bonchev–Trinajstić information content (AvgIpc) is 3.61. The Labute approximate surface area is 325 Å². The maximum absolute atomic E-state index is 2.42. The normalized spacial score (nSPS) is 11.6. The van der Waals surface area contributed by atoms with E-state index in [-0.39, 0.29) is 0 Å². The zero-order valence-corrected chi connectivity index (χ0v) is 30.7. The number of anilines is 3. The molecule has 0 spiro atoms. The SMILES string of the molecule is c1ccc(-c2ccccc2N(c2ccc(-c3ccc4ccc5ccc6ccccc6c5c4c3)cc2)c2ccc3c(c2)c2ccccc2n3-c2ccccc2)cc1. The molecule has 0 aliphatic carbocycles. The van der Waals surface area contributed by atoms with Gasteiger partial charge >= 0.3 is 0 Å². The molecule has 262 valence electrons. The Morgan fingerprint density at radius 3 is 1.73 bits per heavy atom. The van der Waals surface area contributed by atoms with E-state index >= 15 is 0 Å². The summed E-state index contributed by atoms with van der Waals surface area (Å²) in [5, 5.41) is 10.1. The molecule has 0 N–H and O–H groups in total. The van der Waals surface area contributed by atoms with Crippen LogP contribution in [-0.4, -0.2) is 4.57 Å². The second kappa shape index (κ2) is 13.2. The first kappa shape index (κ1) is 32.0. The van der Waals surface area contributed by atoms with Gasteiger partial charge in [-0.3, -0.25) is 0 Å². The highest BCUT2D eigenvalue weighted by Crippen LogP contribution is 2.44. The number of nitrogens with zero attached hydrogens (tertiary/aromatic N) is 2. The van der Waals surface area contributed by atoms with Gasteiger partial charge in [0.25, 0.3) is 0 Å². The van der Waals surface area contributed by atoms with Crippen LogP contribution in [0, 0.1) is 0 Å². The van der Waals surface area contributed by atoms with Crippen molar-refractivity contribution in [1.82, 2.24) is 4.57 Å². The molecule has 0 radical (unpaired) electrons. The molecule has 1 heterocycles. The molecule has 2 heteroatoms. The first-order chi connectivity index (χ1) is 27.8. The van der Waals surface area contributed by atoms with Gasteiger partial charge in [-0.2, -0.15) is 0 Å². The van der Waals surface area contributed by atoms with Crippen molar-refractivity contribution < 1.29 is 0 Å². The van der Waals surface area contributed by atoms with Gasteiger partial charge < -0.3 is 9.47 Å². The lowest BCUT2D eigenvalue weighted by atomic mass is 9.94. The molecule has 56 heavy (non-hydrogen) atoms. The molecular formula is C54H36N2. The monoisotopic (exact) mass is 712 g/mol. The molecule has 0 amide bonds. The minimum Gasteiger partial charge on any atom is -0.310 e. The van der Waals surface area contributed by atoms with Crippen LogP contribution >= 0.6 is 0 Å². The van der Waals surface area contributed by atoms with E-state index in [0.717, 1.165) is 22.7 Å². The lowest BCUT2D eigenvalue weighted by Gasteiger charge is -2.28. The Morgan fingerprint density at radius 1 is 0.321 bits per heavy atom. The van der Waals surface area contributed by atoms with Crippen molar-refractivity contribution in [3.05, 3.63) is 218 Å². The molecule has 10 aromatic carbocycles. The van der Waals surface area contributed by atoms with Crippen molar-refractivity contribution in [2.24, 2.45) is 0 Å². The molecule has 11 aromatic rings. The third-order valence-corrected chi connectivity index (χ3v) is 11.3. The van der Waals surface area contributed by atoms with Gasteiger partial charge in [0, 0.05) is 33.4 Å². The standard InChI is InChI=1S/C54H36N2/c1-3-13-38(14-4-1)46-18-9-11-21-51(46)55(45-33-34-53-50(36-45)48-20-10-12-22-52(48)56(53)43-16-5-2-6-17-43)44-31-29-37(30-32-44)42-28-25-40-24-27-41-26-23-39-15-7-8-19-47(39)54(41)49(40)35-42/h1-36H. The Hall–Kier alpha value is -7.42. The summed E-state index contributed by atoms with van der Waals surface area (Å²) in [5.41, 5.74) is 11.6. The molecule has 1 aromatic heterocycles. The molecule has 0 unspecified atom stereocenters. The van der Waals surface area contributed by atoms with Crippen molar-refractivity contribution in [3.8, 4) is 27.9 Å². The number of hydrogen-bond acceptors (Lipinski definition) is 1. The average molecular weight is 713 g/mol. The quantitative estimate of drug-likeness (QED) is 0.156. The fourth-order valence-corrected chi connectivity index (χ4v) is 8.72. The first-order valence-corrected chi connectivity index (χ1v) is 19.3. The summed E-state index contributed by atoms with van der Waals surface area (Å²) in [6.45, 7) is 0. The first-order valence-electron chi connectivity index (χ1n) is 19.3. The fraction of sp³-hybridized carbons (Fsp3) is 0. The van der Waals surface area contributed by atoms with Crippen LogP contribution in [0.5, 0.6) is 0 Å². The van der Waals surface area contributed by atoms with E-state index < -0.39 is 0 Å². The predicted octanol–water partition coefficient (Wildman–Crippen LogP) is 15.0. The van der Waals surface area contributed by atoms with Crippen LogP contribution in [-0.2, 0) is 0 Å². The summed E-state index contributed by atoms with van der Waals surface area (Å²) in [4.78, 5) is 2.42. The van der Waals surface area contributed by atoms with Crippen molar-refractivity contribution >= 4 is 71.2 Å². The van der Waals surface area contributed by atoms with Crippen LogP contribution < -0.4 is 4.90 Å². The zero-order valence-electron chi connectivity index (χ0n) is 30.7. The Bertz CT molecular complexity index is 3230. The van der Waals surface area contributed by atoms with E-state index in [2.05, 4.69) is 228 Å². The number of benzene rings is 10. The van der Waals surface area contributed by atoms with Gasteiger partial charge in [0.15, 0.2) is 0 Å². The molecule has 11 rings (SSSR count). The second-order valence-electron chi connectivity index (χ2n) is 14.5. The molecular weight excluding hydrogens is 677 g/mol. The minimum atomic E-state index is 1.10. The number of rotatable bonds is 6. The van der Waals surface area contributed by atoms with Crippen LogP contribution in [0.25, 0.3) is 82.1 Å². The smallest absolute Gasteiger partial charge is 0.0542 e. The fourth-order valence-electron chi connectivity index (χ4n) is 8.72. The third kappa shape index (κ3) is 5.26. The third-order valence-electron chi connectivity index (χ3n) is 11.3. The summed E-state index contributed by atoms with van der Waals surface area (Å²) in [6, 6.07) is 79.5. The summed E-state index contributed by atoms with van der Waals surface area (Å²) in [6.07, 6.45) is 0. The molecule has 0 atom stereocenters. The van der Waals surface area contributed by atoms with Crippen molar-refractivity contribution in [3.63, 3.8) is 0 Å². The lowest BCUT2D eigenvalue weighted by molar-refractivity contribution is 1.18. The lowest BCUT2D eigenvalue weighted by Crippen LogP contribution is -2.11. The molecule has 0 saturated carbocycles. The van der Waals surface area contributed by atoms with Gasteiger partial charge in [-0.25, -0.2) is 0 Å². The Morgan fingerprint density at radius 2 is 0.911 bits per heavy atom. The van der Waals surface area contributed by atoms with Crippen molar-refractivity contribution in [2.45, 2.75) is 0 Å². The van der Waals surface area contributed by atoms with E-state index in [1.807, 2.05) is 0 Å². The van der Waals surface area contributed by atoms with Crippen LogP contribution in [0.3, 0.4) is 0 Å². The highest BCUT2D eigenvalue weighted by atomic mass is 15.1. The molecule has 0 aliphatic heterocycles. The molecule has 2 nitrogen and oxygen atoms in total. The van der Waals surface area contributed by atoms with E-state index in [1.165, 1.54) is 76.4 Å². The van der Waals surface area contributed by atoms with E-state index in [4.69, 9.17) is 0 Å². The number of hydrogen-bond donors (Lipinski definition) is 0. The van der Waals surface area contributed by atoms with Crippen LogP contribution in [0.15, 0.2) is 218 Å². The Balaban J connectivity index is 1.08. The zero-order chi connectivity index (χ0) is 37.0. The van der Waals surface area contributed by atoms with Gasteiger partial charge in [0.05, 0.1) is 16.7 Å². The number of para-hydroxylation sites is 3. The van der Waals surface area contributed by atoms with Crippen LogP contribution in [0.4, 0.5) is 17.1 Å². The minimum absolute atomic E-state index is 1.10. The Kier molecular flexibility index (Phi) is 7.53. The summed E-state index contributed by atoms with van der Waals surface area (Å²) < 4.78 is 2.38. The van der Waals surface area contributed by atoms with Crippen LogP contribution in [0.1, 0.15) is 0 Å². The van der Waals surface area contributed by atoms with E-state index in [0.29, 0.717) is 0 Å². The van der Waals surface area contributed by atoms with Crippen molar-refractivity contribution in [2.75, 3.05) is 4.90 Å². The summed E-state index contributed by atoms with van der Waals surface area (Å²) >= 11 is 0. The molecule has 0 aliphatic rings. The van der Waals surface area contributed by atoms with Gasteiger partial charge in [-0.15, -0.1) is 0 Å². The van der Waals surface area contributed by atoms with Gasteiger partial charge in [-0.05, 0) is 110 Å². The topological polar surface area (TPSA) is 8.17 Å². The largest absolute Gasteiger partial charge is 0.310 e. The molecule has 0 saturated heterocycles. The van der Waals surface area contributed by atoms with Gasteiger partial charge in [0.2, 0.25) is 0 Å². The second-order valence-corrected chi connectivity index (χ2v) is 14.5.